The third kappa shape index (κ3) is 5.15. The van der Waals surface area contributed by atoms with Gasteiger partial charge in [-0.2, -0.15) is 18.2 Å². The summed E-state index contributed by atoms with van der Waals surface area (Å²) in [6, 6.07) is 4.74. The Morgan fingerprint density at radius 3 is 2.60 bits per heavy atom. The molecule has 1 aromatic carbocycles. The summed E-state index contributed by atoms with van der Waals surface area (Å²) < 4.78 is 44.1. The molecule has 0 spiro atoms. The number of halogens is 4. The van der Waals surface area contributed by atoms with Crippen LogP contribution in [0, 0.1) is 12.3 Å². The normalized spacial score (nSPS) is 11.3. The fourth-order valence-corrected chi connectivity index (χ4v) is 2.73. The maximum Gasteiger partial charge on any atom is 0.393 e. The first-order valence-electron chi connectivity index (χ1n) is 7.24. The van der Waals surface area contributed by atoms with Gasteiger partial charge in [-0.25, -0.2) is 4.98 Å². The first-order chi connectivity index (χ1) is 11.7. The average molecular weight is 417 g/mol. The van der Waals surface area contributed by atoms with Crippen LogP contribution in [0.5, 0.6) is 5.88 Å². The Bertz CT molecular complexity index is 781. The van der Waals surface area contributed by atoms with Crippen LogP contribution >= 0.6 is 15.9 Å². The van der Waals surface area contributed by atoms with Crippen molar-refractivity contribution < 1.29 is 17.9 Å². The number of methoxy groups -OCH3 is 1. The van der Waals surface area contributed by atoms with E-state index in [0.717, 1.165) is 6.21 Å². The fourth-order valence-electron chi connectivity index (χ4n) is 2.32. The summed E-state index contributed by atoms with van der Waals surface area (Å²) in [4.78, 5) is 8.25. The van der Waals surface area contributed by atoms with Gasteiger partial charge in [-0.1, -0.05) is 22.0 Å². The summed E-state index contributed by atoms with van der Waals surface area (Å²) in [5, 5.41) is 10.4. The van der Waals surface area contributed by atoms with Gasteiger partial charge in [0.2, 0.25) is 5.88 Å². The van der Waals surface area contributed by atoms with E-state index < -0.39 is 12.6 Å². The Kier molecular flexibility index (Phi) is 5.99. The molecule has 0 saturated heterocycles. The topological polar surface area (TPSA) is 70.9 Å². The molecule has 0 bridgehead atoms. The molecule has 0 radical (unpaired) electrons. The molecule has 25 heavy (non-hydrogen) atoms. The number of aromatic nitrogens is 2. The molecule has 2 N–H and O–H groups in total. The smallest absolute Gasteiger partial charge is 0.393 e. The number of hydrogen-bond donors (Lipinski definition) is 2. The molecule has 0 saturated carbocycles. The number of anilines is 1. The van der Waals surface area contributed by atoms with E-state index in [9.17, 15) is 13.2 Å². The summed E-state index contributed by atoms with van der Waals surface area (Å²) >= 11 is 3.20. The summed E-state index contributed by atoms with van der Waals surface area (Å²) in [5.41, 5.74) is 1.32. The fraction of sp³-hybridized carbons (Fsp3) is 0.312. The van der Waals surface area contributed by atoms with Gasteiger partial charge >= 0.3 is 6.18 Å². The van der Waals surface area contributed by atoms with Crippen molar-refractivity contribution in [1.82, 2.24) is 9.97 Å². The van der Waals surface area contributed by atoms with Gasteiger partial charge in [0.1, 0.15) is 17.2 Å². The SMILES string of the molecule is COc1nc(C)nc(C=N)c1NCc1ccc(Br)cc1CC(F)(F)F. The van der Waals surface area contributed by atoms with Crippen LogP contribution in [-0.4, -0.2) is 29.5 Å². The van der Waals surface area contributed by atoms with Crippen LogP contribution in [0.15, 0.2) is 22.7 Å². The predicted molar refractivity (Wildman–Crippen MR) is 92.4 cm³/mol. The molecule has 0 aliphatic rings. The number of nitrogens with zero attached hydrogens (tertiary/aromatic N) is 2. The van der Waals surface area contributed by atoms with Crippen molar-refractivity contribution in [2.24, 2.45) is 0 Å². The molecule has 134 valence electrons. The molecule has 0 fully saturated rings. The van der Waals surface area contributed by atoms with Gasteiger partial charge in [-0.05, 0) is 30.2 Å². The minimum absolute atomic E-state index is 0.113. The van der Waals surface area contributed by atoms with Crippen LogP contribution in [0.4, 0.5) is 18.9 Å². The van der Waals surface area contributed by atoms with E-state index >= 15 is 0 Å². The Morgan fingerprint density at radius 2 is 2.00 bits per heavy atom. The quantitative estimate of drug-likeness (QED) is 0.689. The van der Waals surface area contributed by atoms with E-state index in [2.05, 4.69) is 31.2 Å². The Morgan fingerprint density at radius 1 is 1.28 bits per heavy atom. The van der Waals surface area contributed by atoms with Gasteiger partial charge in [-0.15, -0.1) is 0 Å². The minimum atomic E-state index is -4.31. The third-order valence-corrected chi connectivity index (χ3v) is 3.85. The van der Waals surface area contributed by atoms with Gasteiger partial charge in [0.25, 0.3) is 0 Å². The highest BCUT2D eigenvalue weighted by Gasteiger charge is 2.29. The maximum atomic E-state index is 12.8. The predicted octanol–water partition coefficient (Wildman–Crippen LogP) is 4.27. The summed E-state index contributed by atoms with van der Waals surface area (Å²) in [6.45, 7) is 1.78. The number of hydrogen-bond acceptors (Lipinski definition) is 5. The summed E-state index contributed by atoms with van der Waals surface area (Å²) in [7, 11) is 1.43. The minimum Gasteiger partial charge on any atom is -0.479 e. The summed E-state index contributed by atoms with van der Waals surface area (Å²) in [6.07, 6.45) is -4.29. The van der Waals surface area contributed by atoms with Crippen LogP contribution in [0.25, 0.3) is 0 Å². The van der Waals surface area contributed by atoms with Crippen molar-refractivity contribution in [1.29, 1.82) is 5.41 Å². The van der Waals surface area contributed by atoms with Crippen LogP contribution < -0.4 is 10.1 Å². The molecule has 2 rings (SSSR count). The molecule has 2 aromatic rings. The van der Waals surface area contributed by atoms with Gasteiger partial charge in [0.15, 0.2) is 0 Å². The zero-order valence-electron chi connectivity index (χ0n) is 13.5. The van der Waals surface area contributed by atoms with Crippen molar-refractivity contribution in [3.8, 4) is 5.88 Å². The van der Waals surface area contributed by atoms with E-state index in [-0.39, 0.29) is 18.0 Å². The van der Waals surface area contributed by atoms with E-state index in [1.807, 2.05) is 0 Å². The number of rotatable bonds is 6. The lowest BCUT2D eigenvalue weighted by Gasteiger charge is -2.16. The highest BCUT2D eigenvalue weighted by Crippen LogP contribution is 2.28. The number of ether oxygens (including phenoxy) is 1. The van der Waals surface area contributed by atoms with Crippen LogP contribution in [-0.2, 0) is 13.0 Å². The zero-order valence-corrected chi connectivity index (χ0v) is 15.1. The molecule has 1 aromatic heterocycles. The standard InChI is InChI=1S/C16H16BrF3N4O/c1-9-23-13(7-21)14(15(24-9)25-2)22-8-10-3-4-12(17)5-11(10)6-16(18,19)20/h3-5,7,21-22H,6,8H2,1-2H3. The lowest BCUT2D eigenvalue weighted by Crippen LogP contribution is -2.15. The van der Waals surface area contributed by atoms with Crippen molar-refractivity contribution in [3.63, 3.8) is 0 Å². The van der Waals surface area contributed by atoms with E-state index in [1.165, 1.54) is 13.2 Å². The molecular formula is C16H16BrF3N4O. The van der Waals surface area contributed by atoms with Crippen molar-refractivity contribution in [3.05, 3.63) is 45.3 Å². The Labute approximate surface area is 151 Å². The first kappa shape index (κ1) is 19.2. The van der Waals surface area contributed by atoms with Crippen LogP contribution in [0.1, 0.15) is 22.6 Å². The van der Waals surface area contributed by atoms with E-state index in [0.29, 0.717) is 27.2 Å². The lowest BCUT2D eigenvalue weighted by atomic mass is 10.0. The first-order valence-corrected chi connectivity index (χ1v) is 8.04. The summed E-state index contributed by atoms with van der Waals surface area (Å²) in [5.74, 6) is 0.669. The number of nitrogens with one attached hydrogen (secondary N) is 2. The van der Waals surface area contributed by atoms with E-state index in [1.54, 1.807) is 19.1 Å². The molecule has 5 nitrogen and oxygen atoms in total. The molecule has 0 aliphatic heterocycles. The molecule has 0 aliphatic carbocycles. The largest absolute Gasteiger partial charge is 0.479 e. The highest BCUT2D eigenvalue weighted by atomic mass is 79.9. The highest BCUT2D eigenvalue weighted by molar-refractivity contribution is 9.10. The lowest BCUT2D eigenvalue weighted by molar-refractivity contribution is -0.127. The monoisotopic (exact) mass is 416 g/mol. The molecule has 9 heteroatoms. The van der Waals surface area contributed by atoms with Gasteiger partial charge in [-0.3, -0.25) is 0 Å². The zero-order chi connectivity index (χ0) is 18.6. The van der Waals surface area contributed by atoms with E-state index in [4.69, 9.17) is 10.1 Å². The van der Waals surface area contributed by atoms with Gasteiger partial charge in [0.05, 0.1) is 13.5 Å². The Balaban J connectivity index is 2.32. The average Bonchev–Trinajstić information content (AvgIpc) is 2.52. The van der Waals surface area contributed by atoms with Crippen molar-refractivity contribution in [2.45, 2.75) is 26.1 Å². The second kappa shape index (κ2) is 7.81. The van der Waals surface area contributed by atoms with Crippen molar-refractivity contribution in [2.75, 3.05) is 12.4 Å². The van der Waals surface area contributed by atoms with Gasteiger partial charge in [0, 0.05) is 17.2 Å². The number of benzene rings is 1. The third-order valence-electron chi connectivity index (χ3n) is 3.36. The second-order valence-electron chi connectivity index (χ2n) is 5.24. The van der Waals surface area contributed by atoms with Crippen LogP contribution in [0.2, 0.25) is 0 Å². The van der Waals surface area contributed by atoms with Crippen molar-refractivity contribution >= 4 is 27.8 Å². The molecule has 1 heterocycles. The van der Waals surface area contributed by atoms with Crippen LogP contribution in [0.3, 0.4) is 0 Å². The molecule has 0 amide bonds. The second-order valence-corrected chi connectivity index (χ2v) is 6.16. The molecule has 0 unspecified atom stereocenters. The maximum absolute atomic E-state index is 12.8. The molecular weight excluding hydrogens is 401 g/mol. The Hall–Kier alpha value is -2.16. The number of aryl methyl sites for hydroxylation is 1. The van der Waals surface area contributed by atoms with Gasteiger partial charge < -0.3 is 15.5 Å². The number of alkyl halides is 3. The molecule has 0 atom stereocenters.